The van der Waals surface area contributed by atoms with Crippen LogP contribution in [0.5, 0.6) is 0 Å². The van der Waals surface area contributed by atoms with E-state index in [1.54, 1.807) is 23.3 Å². The third-order valence-corrected chi connectivity index (χ3v) is 5.11. The maximum absolute atomic E-state index is 12.6. The number of anilines is 2. The van der Waals surface area contributed by atoms with Crippen LogP contribution in [0, 0.1) is 0 Å². The molecule has 2 N–H and O–H groups in total. The number of aliphatic hydroxyl groups excluding tert-OH is 1. The zero-order valence-electron chi connectivity index (χ0n) is 16.6. The van der Waals surface area contributed by atoms with Crippen molar-refractivity contribution in [1.82, 2.24) is 0 Å². The molecule has 0 saturated heterocycles. The first kappa shape index (κ1) is 20.7. The van der Waals surface area contributed by atoms with Gasteiger partial charge in [-0.2, -0.15) is 0 Å². The van der Waals surface area contributed by atoms with E-state index in [1.807, 2.05) is 24.3 Å². The third-order valence-electron chi connectivity index (χ3n) is 5.11. The van der Waals surface area contributed by atoms with E-state index in [1.165, 1.54) is 20.3 Å². The first-order valence-electron chi connectivity index (χ1n) is 9.63. The average Bonchev–Trinajstić information content (AvgIpc) is 2.97. The largest absolute Gasteiger partial charge is 0.465 e. The van der Waals surface area contributed by atoms with Gasteiger partial charge >= 0.3 is 11.9 Å². The normalized spacial score (nSPS) is 21.6. The molecule has 0 bridgehead atoms. The Morgan fingerprint density at radius 2 is 1.72 bits per heavy atom. The Morgan fingerprint density at radius 3 is 2.41 bits per heavy atom. The van der Waals surface area contributed by atoms with E-state index in [4.69, 9.17) is 9.47 Å². The minimum atomic E-state index is -0.641. The summed E-state index contributed by atoms with van der Waals surface area (Å²) < 4.78 is 9.83. The minimum Gasteiger partial charge on any atom is -0.465 e. The van der Waals surface area contributed by atoms with Crippen molar-refractivity contribution in [2.75, 3.05) is 24.4 Å². The summed E-state index contributed by atoms with van der Waals surface area (Å²) in [6.45, 7) is 0. The van der Waals surface area contributed by atoms with E-state index in [-0.39, 0.29) is 23.4 Å². The predicted molar refractivity (Wildman–Crippen MR) is 110 cm³/mol. The second kappa shape index (κ2) is 9.43. The summed E-state index contributed by atoms with van der Waals surface area (Å²) in [5.74, 6) is -1.26. The molecule has 7 heteroatoms. The van der Waals surface area contributed by atoms with E-state index < -0.39 is 11.9 Å². The molecule has 154 valence electrons. The Labute approximate surface area is 170 Å². The third kappa shape index (κ3) is 4.68. The zero-order valence-corrected chi connectivity index (χ0v) is 16.6. The zero-order chi connectivity index (χ0) is 20.8. The molecule has 1 aliphatic heterocycles. The maximum atomic E-state index is 12.6. The van der Waals surface area contributed by atoms with Gasteiger partial charge in [-0.25, -0.2) is 9.59 Å². The smallest absolute Gasteiger partial charge is 0.355 e. The van der Waals surface area contributed by atoms with Gasteiger partial charge in [-0.1, -0.05) is 18.2 Å². The van der Waals surface area contributed by atoms with E-state index in [2.05, 4.69) is 5.32 Å². The van der Waals surface area contributed by atoms with Gasteiger partial charge in [0.2, 0.25) is 0 Å². The fourth-order valence-electron chi connectivity index (χ4n) is 3.60. The Bertz CT molecular complexity index is 851. The molecule has 1 saturated carbocycles. The predicted octanol–water partition coefficient (Wildman–Crippen LogP) is 2.89. The van der Waals surface area contributed by atoms with Crippen LogP contribution in [0.25, 0.3) is 0 Å². The molecule has 3 rings (SSSR count). The highest BCUT2D eigenvalue weighted by molar-refractivity contribution is 6.06. The van der Waals surface area contributed by atoms with Crippen molar-refractivity contribution in [3.05, 3.63) is 60.0 Å². The van der Waals surface area contributed by atoms with Crippen molar-refractivity contribution >= 4 is 23.3 Å². The number of esters is 2. The molecule has 0 radical (unpaired) electrons. The van der Waals surface area contributed by atoms with Crippen molar-refractivity contribution in [3.8, 4) is 0 Å². The summed E-state index contributed by atoms with van der Waals surface area (Å²) >= 11 is 0. The summed E-state index contributed by atoms with van der Waals surface area (Å²) in [6.07, 6.45) is 9.66. The molecule has 1 aromatic carbocycles. The van der Waals surface area contributed by atoms with Gasteiger partial charge in [0.15, 0.2) is 0 Å². The number of carbonyl (C=O) groups is 2. The number of nitrogens with zero attached hydrogens (tertiary/aromatic N) is 1. The van der Waals surface area contributed by atoms with Gasteiger partial charge in [-0.15, -0.1) is 0 Å². The molecule has 0 amide bonds. The van der Waals surface area contributed by atoms with Gasteiger partial charge in [-0.3, -0.25) is 0 Å². The Morgan fingerprint density at radius 1 is 1.03 bits per heavy atom. The van der Waals surface area contributed by atoms with Gasteiger partial charge in [0.1, 0.15) is 5.70 Å². The fraction of sp³-hybridized carbons (Fsp3) is 0.364. The molecule has 1 aromatic rings. The molecule has 0 atom stereocenters. The Hall–Kier alpha value is -3.06. The van der Waals surface area contributed by atoms with Crippen LogP contribution in [0.2, 0.25) is 0 Å². The molecule has 2 aliphatic rings. The number of ether oxygens (including phenoxy) is 2. The molecule has 29 heavy (non-hydrogen) atoms. The number of hydrogen-bond donors (Lipinski definition) is 2. The summed E-state index contributed by atoms with van der Waals surface area (Å²) in [4.78, 5) is 26.6. The number of rotatable bonds is 5. The molecular formula is C22H26N2O5. The lowest BCUT2D eigenvalue weighted by molar-refractivity contribution is -0.139. The van der Waals surface area contributed by atoms with Crippen LogP contribution in [0.3, 0.4) is 0 Å². The van der Waals surface area contributed by atoms with Crippen molar-refractivity contribution in [1.29, 1.82) is 0 Å². The lowest BCUT2D eigenvalue weighted by Crippen LogP contribution is -2.30. The standard InChI is InChI=1S/C22H26N2O5/c1-28-21(26)17-7-5-6-14-24(20(17)22(27)29-2)19-9-4-3-8-18(19)23-15-10-12-16(25)13-11-15/h3-9,14-16,23,25H,10-13H2,1-2H3. The first-order valence-corrected chi connectivity index (χ1v) is 9.63. The molecule has 1 aliphatic carbocycles. The Balaban J connectivity index is 2.01. The quantitative estimate of drug-likeness (QED) is 0.738. The van der Waals surface area contributed by atoms with E-state index in [0.29, 0.717) is 5.69 Å². The van der Waals surface area contributed by atoms with Crippen molar-refractivity contribution in [2.45, 2.75) is 37.8 Å². The maximum Gasteiger partial charge on any atom is 0.355 e. The van der Waals surface area contributed by atoms with Crippen molar-refractivity contribution in [3.63, 3.8) is 0 Å². The molecular weight excluding hydrogens is 372 g/mol. The SMILES string of the molecule is COC(=O)C1=C(C(=O)OC)N(c2ccccc2NC2CCC(O)CC2)C=CC=C1. The van der Waals surface area contributed by atoms with E-state index in [9.17, 15) is 14.7 Å². The molecule has 0 unspecified atom stereocenters. The fourth-order valence-corrected chi connectivity index (χ4v) is 3.60. The van der Waals surface area contributed by atoms with Gasteiger partial charge in [0, 0.05) is 12.2 Å². The molecule has 0 spiro atoms. The summed E-state index contributed by atoms with van der Waals surface area (Å²) in [5.41, 5.74) is 1.73. The highest BCUT2D eigenvalue weighted by atomic mass is 16.5. The molecule has 1 heterocycles. The number of nitrogens with one attached hydrogen (secondary N) is 1. The van der Waals surface area contributed by atoms with Crippen LogP contribution in [-0.4, -0.2) is 43.4 Å². The van der Waals surface area contributed by atoms with Crippen molar-refractivity contribution in [2.24, 2.45) is 0 Å². The van der Waals surface area contributed by atoms with Crippen molar-refractivity contribution < 1.29 is 24.2 Å². The van der Waals surface area contributed by atoms with Crippen LogP contribution >= 0.6 is 0 Å². The summed E-state index contributed by atoms with van der Waals surface area (Å²) in [7, 11) is 2.55. The number of hydrogen-bond acceptors (Lipinski definition) is 7. The highest BCUT2D eigenvalue weighted by Gasteiger charge is 2.29. The molecule has 1 fully saturated rings. The Kier molecular flexibility index (Phi) is 6.72. The van der Waals surface area contributed by atoms with Gasteiger partial charge < -0.3 is 24.8 Å². The second-order valence-electron chi connectivity index (χ2n) is 6.98. The first-order chi connectivity index (χ1) is 14.0. The molecule has 0 aromatic heterocycles. The van der Waals surface area contributed by atoms with Crippen LogP contribution in [-0.2, 0) is 19.1 Å². The van der Waals surface area contributed by atoms with Gasteiger partial charge in [0.05, 0.1) is 37.3 Å². The lowest BCUT2D eigenvalue weighted by atomic mass is 9.93. The van der Waals surface area contributed by atoms with Crippen LogP contribution in [0.1, 0.15) is 25.7 Å². The number of benzene rings is 1. The minimum absolute atomic E-state index is 0.0812. The average molecular weight is 398 g/mol. The van der Waals surface area contributed by atoms with Gasteiger partial charge in [-0.05, 0) is 50.0 Å². The topological polar surface area (TPSA) is 88.1 Å². The number of aliphatic hydroxyl groups is 1. The number of para-hydroxylation sites is 2. The second-order valence-corrected chi connectivity index (χ2v) is 6.98. The highest BCUT2D eigenvalue weighted by Crippen LogP contribution is 2.34. The monoisotopic (exact) mass is 398 g/mol. The summed E-state index contributed by atoms with van der Waals surface area (Å²) in [5, 5.41) is 13.3. The van der Waals surface area contributed by atoms with Crippen LogP contribution in [0.15, 0.2) is 60.0 Å². The lowest BCUT2D eigenvalue weighted by Gasteiger charge is -2.30. The van der Waals surface area contributed by atoms with Gasteiger partial charge in [0.25, 0.3) is 0 Å². The van der Waals surface area contributed by atoms with E-state index in [0.717, 1.165) is 31.4 Å². The molecule has 7 nitrogen and oxygen atoms in total. The number of methoxy groups -OCH3 is 2. The number of carbonyl (C=O) groups excluding carboxylic acids is 2. The van der Waals surface area contributed by atoms with Crippen LogP contribution in [0.4, 0.5) is 11.4 Å². The van der Waals surface area contributed by atoms with E-state index >= 15 is 0 Å². The van der Waals surface area contributed by atoms with Crippen LogP contribution < -0.4 is 10.2 Å². The number of allylic oxidation sites excluding steroid dienone is 2. The summed E-state index contributed by atoms with van der Waals surface area (Å²) in [6, 6.07) is 7.79.